The van der Waals surface area contributed by atoms with Crippen molar-refractivity contribution in [2.75, 3.05) is 0 Å². The molecule has 0 amide bonds. The van der Waals surface area contributed by atoms with Crippen LogP contribution in [0.15, 0.2) is 23.5 Å². The molecule has 0 saturated carbocycles. The molecule has 0 radical (unpaired) electrons. The molecule has 0 fully saturated rings. The standard InChI is InChI=1S/C16H30OSi/c1-10-11-14-12(2)13(3)18(17-14,15(4,5)6)16(7,8)9/h10-11,13H,1-9H3/b11-10-. The van der Waals surface area contributed by atoms with Crippen LogP contribution in [-0.2, 0) is 4.43 Å². The van der Waals surface area contributed by atoms with Crippen molar-refractivity contribution in [1.29, 1.82) is 0 Å². The van der Waals surface area contributed by atoms with Crippen molar-refractivity contribution in [3.63, 3.8) is 0 Å². The Morgan fingerprint density at radius 2 is 1.50 bits per heavy atom. The molecule has 0 aromatic heterocycles. The first-order valence-electron chi connectivity index (χ1n) is 7.01. The molecule has 1 rings (SSSR count). The van der Waals surface area contributed by atoms with Gasteiger partial charge in [-0.15, -0.1) is 0 Å². The van der Waals surface area contributed by atoms with Gasteiger partial charge in [0.05, 0.1) is 0 Å². The monoisotopic (exact) mass is 266 g/mol. The van der Waals surface area contributed by atoms with Gasteiger partial charge in [-0.2, -0.15) is 0 Å². The Hall–Kier alpha value is -0.503. The van der Waals surface area contributed by atoms with E-state index in [1.165, 1.54) is 5.57 Å². The molecule has 0 bridgehead atoms. The van der Waals surface area contributed by atoms with Gasteiger partial charge < -0.3 is 4.43 Å². The first-order valence-corrected chi connectivity index (χ1v) is 9.00. The largest absolute Gasteiger partial charge is 0.542 e. The fourth-order valence-electron chi connectivity index (χ4n) is 3.91. The molecule has 1 nitrogen and oxygen atoms in total. The average molecular weight is 267 g/mol. The fraction of sp³-hybridized carbons (Fsp3) is 0.750. The minimum atomic E-state index is -1.93. The van der Waals surface area contributed by atoms with E-state index in [-0.39, 0.29) is 10.1 Å². The lowest BCUT2D eigenvalue weighted by Gasteiger charge is -2.50. The van der Waals surface area contributed by atoms with Gasteiger partial charge in [0.2, 0.25) is 0 Å². The number of hydrogen-bond acceptors (Lipinski definition) is 1. The summed E-state index contributed by atoms with van der Waals surface area (Å²) in [6.45, 7) is 20.8. The lowest BCUT2D eigenvalue weighted by molar-refractivity contribution is 0.361. The van der Waals surface area contributed by atoms with Crippen LogP contribution in [0.25, 0.3) is 0 Å². The molecule has 0 aromatic carbocycles. The third kappa shape index (κ3) is 2.09. The number of rotatable bonds is 1. The summed E-state index contributed by atoms with van der Waals surface area (Å²) in [5, 5.41) is 0.463. The third-order valence-corrected chi connectivity index (χ3v) is 11.1. The zero-order chi connectivity index (χ0) is 14.4. The van der Waals surface area contributed by atoms with Gasteiger partial charge in [-0.05, 0) is 35.6 Å². The smallest absolute Gasteiger partial charge is 0.268 e. The van der Waals surface area contributed by atoms with E-state index in [1.54, 1.807) is 0 Å². The normalized spacial score (nSPS) is 24.8. The second-order valence-electron chi connectivity index (χ2n) is 7.61. The third-order valence-electron chi connectivity index (χ3n) is 4.47. The van der Waals surface area contributed by atoms with Gasteiger partial charge in [0, 0.05) is 5.54 Å². The maximum absolute atomic E-state index is 6.67. The van der Waals surface area contributed by atoms with Crippen molar-refractivity contribution in [3.8, 4) is 0 Å². The molecule has 18 heavy (non-hydrogen) atoms. The summed E-state index contributed by atoms with van der Waals surface area (Å²) in [5.41, 5.74) is 2.01. The minimum Gasteiger partial charge on any atom is -0.542 e. The molecule has 1 unspecified atom stereocenters. The SMILES string of the molecule is C/C=C\C1=C(C)C(C)[Si](C(C)(C)C)(C(C)(C)C)O1. The fourth-order valence-corrected chi connectivity index (χ4v) is 10.9. The molecule has 104 valence electrons. The van der Waals surface area contributed by atoms with Crippen LogP contribution in [0.3, 0.4) is 0 Å². The first-order chi connectivity index (χ1) is 7.99. The van der Waals surface area contributed by atoms with Gasteiger partial charge in [-0.1, -0.05) is 54.5 Å². The topological polar surface area (TPSA) is 9.23 Å². The summed E-state index contributed by atoms with van der Waals surface area (Å²) < 4.78 is 6.67. The highest BCUT2D eigenvalue weighted by molar-refractivity contribution is 6.82. The number of hydrogen-bond donors (Lipinski definition) is 0. The van der Waals surface area contributed by atoms with E-state index in [2.05, 4.69) is 74.5 Å². The second-order valence-corrected chi connectivity index (χ2v) is 13.1. The van der Waals surface area contributed by atoms with E-state index in [0.29, 0.717) is 5.54 Å². The Balaban J connectivity index is 3.38. The summed E-state index contributed by atoms with van der Waals surface area (Å²) in [4.78, 5) is 0. The Morgan fingerprint density at radius 3 is 1.78 bits per heavy atom. The van der Waals surface area contributed by atoms with Crippen molar-refractivity contribution >= 4 is 8.32 Å². The lowest BCUT2D eigenvalue weighted by Crippen LogP contribution is -2.55. The highest BCUT2D eigenvalue weighted by atomic mass is 28.4. The second kappa shape index (κ2) is 4.55. The molecule has 2 heteroatoms. The van der Waals surface area contributed by atoms with E-state index in [1.807, 2.05) is 0 Å². The molecule has 1 atom stereocenters. The van der Waals surface area contributed by atoms with Crippen LogP contribution >= 0.6 is 0 Å². The number of allylic oxidation sites excluding steroid dienone is 3. The Kier molecular flexibility index (Phi) is 3.93. The van der Waals surface area contributed by atoms with Crippen molar-refractivity contribution in [2.45, 2.75) is 77.9 Å². The molecular formula is C16H30OSi. The van der Waals surface area contributed by atoms with Gasteiger partial charge >= 0.3 is 0 Å². The van der Waals surface area contributed by atoms with Crippen molar-refractivity contribution in [1.82, 2.24) is 0 Å². The van der Waals surface area contributed by atoms with Crippen LogP contribution in [0.2, 0.25) is 15.6 Å². The molecule has 0 saturated heterocycles. The van der Waals surface area contributed by atoms with Crippen LogP contribution in [0, 0.1) is 0 Å². The van der Waals surface area contributed by atoms with Crippen LogP contribution in [0.1, 0.15) is 62.3 Å². The molecule has 1 heterocycles. The Morgan fingerprint density at radius 1 is 1.06 bits per heavy atom. The zero-order valence-electron chi connectivity index (χ0n) is 13.6. The summed E-state index contributed by atoms with van der Waals surface area (Å²) in [6.07, 6.45) is 4.22. The zero-order valence-corrected chi connectivity index (χ0v) is 14.6. The van der Waals surface area contributed by atoms with E-state index < -0.39 is 8.32 Å². The molecule has 0 N–H and O–H groups in total. The summed E-state index contributed by atoms with van der Waals surface area (Å²) >= 11 is 0. The molecule has 0 aliphatic carbocycles. The molecule has 1 aliphatic heterocycles. The molecule has 0 spiro atoms. The predicted octanol–water partition coefficient (Wildman–Crippen LogP) is 5.80. The highest BCUT2D eigenvalue weighted by Crippen LogP contribution is 2.62. The van der Waals surface area contributed by atoms with Crippen LogP contribution in [0.4, 0.5) is 0 Å². The van der Waals surface area contributed by atoms with E-state index in [4.69, 9.17) is 4.43 Å². The van der Waals surface area contributed by atoms with Crippen LogP contribution in [0.5, 0.6) is 0 Å². The van der Waals surface area contributed by atoms with Crippen molar-refractivity contribution in [3.05, 3.63) is 23.5 Å². The van der Waals surface area contributed by atoms with E-state index >= 15 is 0 Å². The summed E-state index contributed by atoms with van der Waals surface area (Å²) in [6, 6.07) is 0. The summed E-state index contributed by atoms with van der Waals surface area (Å²) in [7, 11) is -1.93. The van der Waals surface area contributed by atoms with E-state index in [9.17, 15) is 0 Å². The summed E-state index contributed by atoms with van der Waals surface area (Å²) in [5.74, 6) is 1.13. The highest BCUT2D eigenvalue weighted by Gasteiger charge is 2.63. The molecular weight excluding hydrogens is 236 g/mol. The minimum absolute atomic E-state index is 0.231. The van der Waals surface area contributed by atoms with Gasteiger partial charge in [-0.3, -0.25) is 0 Å². The molecule has 1 aliphatic rings. The van der Waals surface area contributed by atoms with Crippen molar-refractivity contribution < 1.29 is 4.43 Å². The quantitative estimate of drug-likeness (QED) is 0.545. The maximum atomic E-state index is 6.67. The van der Waals surface area contributed by atoms with E-state index in [0.717, 1.165) is 5.76 Å². The Bertz CT molecular complexity index is 363. The van der Waals surface area contributed by atoms with Crippen LogP contribution < -0.4 is 0 Å². The maximum Gasteiger partial charge on any atom is 0.268 e. The van der Waals surface area contributed by atoms with Crippen molar-refractivity contribution in [2.24, 2.45) is 0 Å². The Labute approximate surface area is 114 Å². The van der Waals surface area contributed by atoms with Gasteiger partial charge in [0.15, 0.2) is 0 Å². The average Bonchev–Trinajstić information content (AvgIpc) is 2.42. The van der Waals surface area contributed by atoms with Gasteiger partial charge in [-0.25, -0.2) is 0 Å². The van der Waals surface area contributed by atoms with Gasteiger partial charge in [0.25, 0.3) is 8.32 Å². The van der Waals surface area contributed by atoms with Gasteiger partial charge in [0.1, 0.15) is 5.76 Å². The predicted molar refractivity (Wildman–Crippen MR) is 83.2 cm³/mol. The lowest BCUT2D eigenvalue weighted by atomic mass is 10.2. The molecule has 0 aromatic rings. The van der Waals surface area contributed by atoms with Crippen LogP contribution in [-0.4, -0.2) is 8.32 Å². The first kappa shape index (κ1) is 15.6.